The predicted octanol–water partition coefficient (Wildman–Crippen LogP) is 2.28. The first-order valence-electron chi connectivity index (χ1n) is 3.98. The summed E-state index contributed by atoms with van der Waals surface area (Å²) in [6.45, 7) is 0. The van der Waals surface area contributed by atoms with E-state index in [1.54, 1.807) is 28.7 Å². The second-order valence-corrected chi connectivity index (χ2v) is 3.76. The SMILES string of the molecule is COC(=O)c1c(C#N)cc(I)nc1C(F)F. The summed E-state index contributed by atoms with van der Waals surface area (Å²) in [7, 11) is 1.05. The summed E-state index contributed by atoms with van der Waals surface area (Å²) in [5.41, 5.74) is -1.36. The number of hydrogen-bond acceptors (Lipinski definition) is 4. The maximum Gasteiger partial charge on any atom is 0.341 e. The van der Waals surface area contributed by atoms with E-state index in [1.165, 1.54) is 6.07 Å². The van der Waals surface area contributed by atoms with Gasteiger partial charge in [0.05, 0.1) is 12.7 Å². The molecule has 84 valence electrons. The lowest BCUT2D eigenvalue weighted by molar-refractivity contribution is 0.0586. The van der Waals surface area contributed by atoms with Crippen molar-refractivity contribution in [2.24, 2.45) is 0 Å². The van der Waals surface area contributed by atoms with Gasteiger partial charge in [-0.1, -0.05) is 0 Å². The molecule has 0 aromatic carbocycles. The van der Waals surface area contributed by atoms with Crippen LogP contribution in [0, 0.1) is 15.0 Å². The molecule has 1 rings (SSSR count). The van der Waals surface area contributed by atoms with Crippen LogP contribution in [-0.4, -0.2) is 18.1 Å². The Morgan fingerprint density at radius 1 is 1.69 bits per heavy atom. The van der Waals surface area contributed by atoms with Crippen LogP contribution in [0.1, 0.15) is 28.0 Å². The maximum atomic E-state index is 12.6. The Morgan fingerprint density at radius 2 is 2.31 bits per heavy atom. The van der Waals surface area contributed by atoms with Gasteiger partial charge < -0.3 is 4.74 Å². The fourth-order valence-electron chi connectivity index (χ4n) is 1.10. The highest BCUT2D eigenvalue weighted by atomic mass is 127. The van der Waals surface area contributed by atoms with E-state index < -0.39 is 23.7 Å². The zero-order valence-electron chi connectivity index (χ0n) is 8.00. The topological polar surface area (TPSA) is 63.0 Å². The fraction of sp³-hybridized carbons (Fsp3) is 0.222. The number of halogens is 3. The smallest absolute Gasteiger partial charge is 0.341 e. The molecule has 0 aliphatic carbocycles. The second-order valence-electron chi connectivity index (χ2n) is 2.66. The molecule has 0 N–H and O–H groups in total. The number of hydrogen-bond donors (Lipinski definition) is 0. The van der Waals surface area contributed by atoms with E-state index in [4.69, 9.17) is 5.26 Å². The first-order chi connectivity index (χ1) is 7.51. The van der Waals surface area contributed by atoms with E-state index in [1.807, 2.05) is 0 Å². The van der Waals surface area contributed by atoms with E-state index in [2.05, 4.69) is 9.72 Å². The molecule has 0 amide bonds. The predicted molar refractivity (Wildman–Crippen MR) is 58.0 cm³/mol. The maximum absolute atomic E-state index is 12.6. The number of aromatic nitrogens is 1. The first-order valence-corrected chi connectivity index (χ1v) is 5.06. The normalized spacial score (nSPS) is 10.0. The Balaban J connectivity index is 3.53. The van der Waals surface area contributed by atoms with Crippen molar-refractivity contribution < 1.29 is 18.3 Å². The molecule has 0 aliphatic rings. The molecular weight excluding hydrogens is 333 g/mol. The molecule has 0 bridgehead atoms. The number of nitriles is 1. The zero-order valence-corrected chi connectivity index (χ0v) is 10.2. The Kier molecular flexibility index (Phi) is 4.12. The van der Waals surface area contributed by atoms with Crippen LogP contribution in [0.15, 0.2) is 6.07 Å². The lowest BCUT2D eigenvalue weighted by atomic mass is 10.1. The van der Waals surface area contributed by atoms with Gasteiger partial charge in [0, 0.05) is 0 Å². The van der Waals surface area contributed by atoms with E-state index in [0.29, 0.717) is 0 Å². The van der Waals surface area contributed by atoms with Gasteiger partial charge in [0.1, 0.15) is 21.0 Å². The monoisotopic (exact) mass is 338 g/mol. The number of esters is 1. The van der Waals surface area contributed by atoms with Crippen molar-refractivity contribution in [2.45, 2.75) is 6.43 Å². The lowest BCUT2D eigenvalue weighted by Crippen LogP contribution is -2.11. The molecule has 0 atom stereocenters. The molecule has 0 saturated heterocycles. The van der Waals surface area contributed by atoms with Crippen LogP contribution in [0.4, 0.5) is 8.78 Å². The van der Waals surface area contributed by atoms with Gasteiger partial charge in [0.15, 0.2) is 0 Å². The van der Waals surface area contributed by atoms with Crippen LogP contribution in [0.3, 0.4) is 0 Å². The second kappa shape index (κ2) is 5.16. The van der Waals surface area contributed by atoms with E-state index in [-0.39, 0.29) is 9.26 Å². The molecule has 7 heteroatoms. The van der Waals surface area contributed by atoms with Crippen molar-refractivity contribution in [1.82, 2.24) is 4.98 Å². The molecular formula is C9H5F2IN2O2. The van der Waals surface area contributed by atoms with Crippen molar-refractivity contribution in [3.05, 3.63) is 26.6 Å². The minimum absolute atomic E-state index is 0.165. The van der Waals surface area contributed by atoms with Crippen molar-refractivity contribution >= 4 is 28.6 Å². The Morgan fingerprint density at radius 3 is 2.75 bits per heavy atom. The van der Waals surface area contributed by atoms with Gasteiger partial charge in [0.25, 0.3) is 6.43 Å². The van der Waals surface area contributed by atoms with Crippen LogP contribution >= 0.6 is 22.6 Å². The first kappa shape index (κ1) is 12.8. The standard InChI is InChI=1S/C9H5F2IN2O2/c1-16-9(15)6-4(3-13)2-5(12)14-7(6)8(10)11/h2,8H,1H3. The molecule has 1 aromatic rings. The number of rotatable bonds is 2. The fourth-order valence-corrected chi connectivity index (χ4v) is 1.67. The Bertz CT molecular complexity index is 471. The molecule has 0 radical (unpaired) electrons. The third-order valence-corrected chi connectivity index (χ3v) is 2.29. The molecule has 1 aromatic heterocycles. The van der Waals surface area contributed by atoms with Crippen LogP contribution in [-0.2, 0) is 4.74 Å². The van der Waals surface area contributed by atoms with Crippen molar-refractivity contribution in [3.8, 4) is 6.07 Å². The quantitative estimate of drug-likeness (QED) is 0.472. The summed E-state index contributed by atoms with van der Waals surface area (Å²) in [5.74, 6) is -0.990. The third kappa shape index (κ3) is 2.44. The minimum Gasteiger partial charge on any atom is -0.465 e. The Hall–Kier alpha value is -1.30. The van der Waals surface area contributed by atoms with Crippen molar-refractivity contribution in [2.75, 3.05) is 7.11 Å². The van der Waals surface area contributed by atoms with E-state index in [0.717, 1.165) is 7.11 Å². The minimum atomic E-state index is -2.93. The molecule has 0 saturated carbocycles. The lowest BCUT2D eigenvalue weighted by Gasteiger charge is -2.08. The van der Waals surface area contributed by atoms with Gasteiger partial charge in [-0.3, -0.25) is 0 Å². The zero-order chi connectivity index (χ0) is 12.3. The molecule has 1 heterocycles. The molecule has 0 fully saturated rings. The van der Waals surface area contributed by atoms with Gasteiger partial charge in [-0.15, -0.1) is 0 Å². The Labute approximate surface area is 103 Å². The summed E-state index contributed by atoms with van der Waals surface area (Å²) in [6.07, 6.45) is -2.93. The summed E-state index contributed by atoms with van der Waals surface area (Å²) < 4.78 is 29.8. The van der Waals surface area contributed by atoms with Crippen LogP contribution in [0.5, 0.6) is 0 Å². The van der Waals surface area contributed by atoms with Gasteiger partial charge in [-0.05, 0) is 28.7 Å². The van der Waals surface area contributed by atoms with Gasteiger partial charge in [0.2, 0.25) is 0 Å². The van der Waals surface area contributed by atoms with Crippen molar-refractivity contribution in [1.29, 1.82) is 5.26 Å². The average molecular weight is 338 g/mol. The highest BCUT2D eigenvalue weighted by Gasteiger charge is 2.25. The number of methoxy groups -OCH3 is 1. The van der Waals surface area contributed by atoms with Crippen LogP contribution in [0.2, 0.25) is 0 Å². The molecule has 16 heavy (non-hydrogen) atoms. The number of carbonyl (C=O) groups excluding carboxylic acids is 1. The molecule has 0 unspecified atom stereocenters. The van der Waals surface area contributed by atoms with Gasteiger partial charge in [-0.25, -0.2) is 18.6 Å². The summed E-state index contributed by atoms with van der Waals surface area (Å²) in [4.78, 5) is 14.8. The highest BCUT2D eigenvalue weighted by molar-refractivity contribution is 14.1. The number of ether oxygens (including phenoxy) is 1. The molecule has 0 spiro atoms. The third-order valence-electron chi connectivity index (χ3n) is 1.73. The highest BCUT2D eigenvalue weighted by Crippen LogP contribution is 2.25. The summed E-state index contributed by atoms with van der Waals surface area (Å²) in [5, 5.41) is 8.76. The number of pyridine rings is 1. The average Bonchev–Trinajstić information content (AvgIpc) is 2.26. The van der Waals surface area contributed by atoms with E-state index >= 15 is 0 Å². The summed E-state index contributed by atoms with van der Waals surface area (Å²) in [6, 6.07) is 2.92. The molecule has 0 aliphatic heterocycles. The van der Waals surface area contributed by atoms with Crippen LogP contribution in [0.25, 0.3) is 0 Å². The number of carbonyl (C=O) groups is 1. The largest absolute Gasteiger partial charge is 0.465 e. The number of nitrogens with zero attached hydrogens (tertiary/aromatic N) is 2. The van der Waals surface area contributed by atoms with Crippen LogP contribution < -0.4 is 0 Å². The van der Waals surface area contributed by atoms with Gasteiger partial charge >= 0.3 is 5.97 Å². The number of alkyl halides is 2. The van der Waals surface area contributed by atoms with Crippen molar-refractivity contribution in [3.63, 3.8) is 0 Å². The van der Waals surface area contributed by atoms with E-state index in [9.17, 15) is 13.6 Å². The summed E-state index contributed by atoms with van der Waals surface area (Å²) >= 11 is 1.69. The molecule has 4 nitrogen and oxygen atoms in total. The van der Waals surface area contributed by atoms with Gasteiger partial charge in [-0.2, -0.15) is 5.26 Å².